The first kappa shape index (κ1) is 14.0. The Morgan fingerprint density at radius 3 is 2.59 bits per heavy atom. The van der Waals surface area contributed by atoms with Crippen LogP contribution in [0.25, 0.3) is 0 Å². The number of rotatable bonds is 3. The normalized spacial score (nSPS) is 17.3. The second-order valence-corrected chi connectivity index (χ2v) is 4.16. The average Bonchev–Trinajstić information content (AvgIpc) is 2.32. The molecular weight excluding hydrogens is 240 g/mol. The van der Waals surface area contributed by atoms with Crippen molar-refractivity contribution < 1.29 is 0 Å². The lowest BCUT2D eigenvalue weighted by Crippen LogP contribution is -2.36. The molecule has 0 atom stereocenters. The SMILES string of the molecule is CN1CCC(Nc2cncc(NN)n2)CC1.Cl. The van der Waals surface area contributed by atoms with Gasteiger partial charge in [-0.3, -0.25) is 4.98 Å². The van der Waals surface area contributed by atoms with E-state index in [9.17, 15) is 0 Å². The lowest BCUT2D eigenvalue weighted by atomic mass is 10.1. The molecule has 6 nitrogen and oxygen atoms in total. The summed E-state index contributed by atoms with van der Waals surface area (Å²) in [7, 11) is 2.15. The van der Waals surface area contributed by atoms with Gasteiger partial charge in [-0.05, 0) is 33.0 Å². The Morgan fingerprint density at radius 2 is 1.94 bits per heavy atom. The molecule has 7 heteroatoms. The molecule has 0 bridgehead atoms. The van der Waals surface area contributed by atoms with E-state index >= 15 is 0 Å². The molecule has 1 fully saturated rings. The molecule has 17 heavy (non-hydrogen) atoms. The summed E-state index contributed by atoms with van der Waals surface area (Å²) < 4.78 is 0. The molecule has 2 rings (SSSR count). The number of anilines is 2. The van der Waals surface area contributed by atoms with Crippen LogP contribution in [0.3, 0.4) is 0 Å². The summed E-state index contributed by atoms with van der Waals surface area (Å²) >= 11 is 0. The van der Waals surface area contributed by atoms with Gasteiger partial charge in [0.15, 0.2) is 5.82 Å². The molecular formula is C10H19ClN6. The van der Waals surface area contributed by atoms with Gasteiger partial charge in [0.25, 0.3) is 0 Å². The van der Waals surface area contributed by atoms with Gasteiger partial charge in [0.05, 0.1) is 12.4 Å². The van der Waals surface area contributed by atoms with E-state index < -0.39 is 0 Å². The number of halogens is 1. The lowest BCUT2D eigenvalue weighted by molar-refractivity contribution is 0.263. The monoisotopic (exact) mass is 258 g/mol. The van der Waals surface area contributed by atoms with Crippen molar-refractivity contribution in [1.29, 1.82) is 0 Å². The van der Waals surface area contributed by atoms with Gasteiger partial charge in [-0.25, -0.2) is 10.8 Å². The van der Waals surface area contributed by atoms with Crippen molar-refractivity contribution in [2.75, 3.05) is 30.9 Å². The van der Waals surface area contributed by atoms with Crippen molar-refractivity contribution in [2.45, 2.75) is 18.9 Å². The third kappa shape index (κ3) is 3.99. The number of nitrogens with zero attached hydrogens (tertiary/aromatic N) is 3. The van der Waals surface area contributed by atoms with Gasteiger partial charge >= 0.3 is 0 Å². The molecule has 1 aliphatic heterocycles. The summed E-state index contributed by atoms with van der Waals surface area (Å²) in [6.45, 7) is 2.25. The van der Waals surface area contributed by atoms with Crippen LogP contribution in [0.4, 0.5) is 11.6 Å². The zero-order valence-corrected chi connectivity index (χ0v) is 10.7. The molecule has 0 radical (unpaired) electrons. The van der Waals surface area contributed by atoms with Crippen LogP contribution in [-0.4, -0.2) is 41.0 Å². The number of hydrazine groups is 1. The van der Waals surface area contributed by atoms with Gasteiger partial charge in [0.2, 0.25) is 0 Å². The maximum atomic E-state index is 5.28. The first-order chi connectivity index (χ1) is 7.78. The Morgan fingerprint density at radius 1 is 1.29 bits per heavy atom. The van der Waals surface area contributed by atoms with Crippen LogP contribution in [0.2, 0.25) is 0 Å². The number of hydrogen-bond donors (Lipinski definition) is 3. The van der Waals surface area contributed by atoms with Crippen molar-refractivity contribution in [3.05, 3.63) is 12.4 Å². The number of piperidine rings is 1. The van der Waals surface area contributed by atoms with Gasteiger partial charge < -0.3 is 15.6 Å². The van der Waals surface area contributed by atoms with E-state index in [0.29, 0.717) is 11.9 Å². The zero-order chi connectivity index (χ0) is 11.4. The molecule has 0 aliphatic carbocycles. The number of nitrogens with one attached hydrogen (secondary N) is 2. The highest BCUT2D eigenvalue weighted by atomic mass is 35.5. The number of aromatic nitrogens is 2. The van der Waals surface area contributed by atoms with Crippen LogP contribution in [-0.2, 0) is 0 Å². The minimum atomic E-state index is 0. The van der Waals surface area contributed by atoms with E-state index in [1.807, 2.05) is 0 Å². The standard InChI is InChI=1S/C10H18N6.ClH/c1-16-4-2-8(3-5-16)13-9-6-12-7-10(14-9)15-11;/h6-8H,2-5,11H2,1H3,(H2,13,14,15);1H. The Labute approximate surface area is 107 Å². The van der Waals surface area contributed by atoms with Crippen molar-refractivity contribution in [3.8, 4) is 0 Å². The topological polar surface area (TPSA) is 79.1 Å². The van der Waals surface area contributed by atoms with Crippen LogP contribution in [0, 0.1) is 0 Å². The predicted molar refractivity (Wildman–Crippen MR) is 71.2 cm³/mol. The van der Waals surface area contributed by atoms with Crippen molar-refractivity contribution in [1.82, 2.24) is 14.9 Å². The fourth-order valence-electron chi connectivity index (χ4n) is 1.87. The summed E-state index contributed by atoms with van der Waals surface area (Å²) in [5, 5.41) is 3.38. The summed E-state index contributed by atoms with van der Waals surface area (Å²) in [6, 6.07) is 0.485. The van der Waals surface area contributed by atoms with Crippen LogP contribution in [0.5, 0.6) is 0 Å². The van der Waals surface area contributed by atoms with Crippen molar-refractivity contribution in [2.24, 2.45) is 5.84 Å². The summed E-state index contributed by atoms with van der Waals surface area (Å²) in [5.41, 5.74) is 2.49. The quantitative estimate of drug-likeness (QED) is 0.547. The number of likely N-dealkylation sites (tertiary alicyclic amines) is 1. The first-order valence-corrected chi connectivity index (χ1v) is 5.51. The molecule has 4 N–H and O–H groups in total. The second-order valence-electron chi connectivity index (χ2n) is 4.16. The Hall–Kier alpha value is -1.11. The number of hydrogen-bond acceptors (Lipinski definition) is 6. The zero-order valence-electron chi connectivity index (χ0n) is 9.89. The van der Waals surface area contributed by atoms with Crippen LogP contribution in [0.1, 0.15) is 12.8 Å². The Kier molecular flexibility index (Phi) is 5.40. The van der Waals surface area contributed by atoms with E-state index in [-0.39, 0.29) is 12.4 Å². The molecule has 96 valence electrons. The lowest BCUT2D eigenvalue weighted by Gasteiger charge is -2.29. The van der Waals surface area contributed by atoms with E-state index in [4.69, 9.17) is 5.84 Å². The molecule has 1 aromatic heterocycles. The van der Waals surface area contributed by atoms with Gasteiger partial charge in [-0.2, -0.15) is 0 Å². The van der Waals surface area contributed by atoms with E-state index in [1.165, 1.54) is 0 Å². The van der Waals surface area contributed by atoms with Gasteiger partial charge in [-0.15, -0.1) is 12.4 Å². The molecule has 0 aromatic carbocycles. The highest BCUT2D eigenvalue weighted by molar-refractivity contribution is 5.85. The maximum Gasteiger partial charge on any atom is 0.160 e. The van der Waals surface area contributed by atoms with E-state index in [2.05, 4.69) is 32.7 Å². The molecule has 0 unspecified atom stereocenters. The minimum absolute atomic E-state index is 0. The van der Waals surface area contributed by atoms with Crippen LogP contribution >= 0.6 is 12.4 Å². The summed E-state index contributed by atoms with van der Waals surface area (Å²) in [4.78, 5) is 10.7. The van der Waals surface area contributed by atoms with Crippen LogP contribution in [0.15, 0.2) is 12.4 Å². The van der Waals surface area contributed by atoms with Gasteiger partial charge in [0, 0.05) is 6.04 Å². The fourth-order valence-corrected chi connectivity index (χ4v) is 1.87. The molecule has 0 amide bonds. The molecule has 1 saturated heterocycles. The maximum absolute atomic E-state index is 5.28. The van der Waals surface area contributed by atoms with Gasteiger partial charge in [-0.1, -0.05) is 0 Å². The third-order valence-corrected chi connectivity index (χ3v) is 2.85. The number of nitrogens with two attached hydrogens (primary N) is 1. The van der Waals surface area contributed by atoms with E-state index in [0.717, 1.165) is 31.7 Å². The molecule has 2 heterocycles. The second kappa shape index (κ2) is 6.58. The highest BCUT2D eigenvalue weighted by Crippen LogP contribution is 2.14. The largest absolute Gasteiger partial charge is 0.366 e. The minimum Gasteiger partial charge on any atom is -0.366 e. The average molecular weight is 259 g/mol. The van der Waals surface area contributed by atoms with Crippen LogP contribution < -0.4 is 16.6 Å². The summed E-state index contributed by atoms with van der Waals surface area (Å²) in [6.07, 6.45) is 5.59. The Bertz CT molecular complexity index is 339. The van der Waals surface area contributed by atoms with Crippen molar-refractivity contribution >= 4 is 24.0 Å². The summed E-state index contributed by atoms with van der Waals surface area (Å²) in [5.74, 6) is 6.65. The molecule has 0 saturated carbocycles. The van der Waals surface area contributed by atoms with Crippen molar-refractivity contribution in [3.63, 3.8) is 0 Å². The first-order valence-electron chi connectivity index (χ1n) is 5.51. The molecule has 1 aliphatic rings. The van der Waals surface area contributed by atoms with E-state index in [1.54, 1.807) is 12.4 Å². The Balaban J connectivity index is 0.00000144. The predicted octanol–water partition coefficient (Wildman–Crippen LogP) is 0.690. The third-order valence-electron chi connectivity index (χ3n) is 2.85. The highest BCUT2D eigenvalue weighted by Gasteiger charge is 2.16. The molecule has 1 aromatic rings. The van der Waals surface area contributed by atoms with Gasteiger partial charge in [0.1, 0.15) is 5.82 Å². The molecule has 0 spiro atoms. The smallest absolute Gasteiger partial charge is 0.160 e. The number of nitrogen functional groups attached to an aromatic ring is 1. The fraction of sp³-hybridized carbons (Fsp3) is 0.600.